The van der Waals surface area contributed by atoms with Gasteiger partial charge in [0, 0.05) is 6.92 Å². The standard InChI is InChI=1S/C14H15Cl3O3/c1-3-7-12(11-8-5-4-6-9-11)20-13(14(15,16)17)19-10(2)18/h3-9,12-13H,1-2H3/b7-3+. The van der Waals surface area contributed by atoms with Crippen molar-refractivity contribution < 1.29 is 14.3 Å². The quantitative estimate of drug-likeness (QED) is 0.341. The fraction of sp³-hybridized carbons (Fsp3) is 0.357. The highest BCUT2D eigenvalue weighted by molar-refractivity contribution is 6.68. The van der Waals surface area contributed by atoms with Crippen molar-refractivity contribution in [2.24, 2.45) is 0 Å². The maximum Gasteiger partial charge on any atom is 0.305 e. The number of alkyl halides is 3. The van der Waals surface area contributed by atoms with E-state index in [2.05, 4.69) is 0 Å². The molecule has 0 aliphatic carbocycles. The van der Waals surface area contributed by atoms with Gasteiger partial charge in [0.05, 0.1) is 0 Å². The second kappa shape index (κ2) is 7.89. The molecule has 0 N–H and O–H groups in total. The summed E-state index contributed by atoms with van der Waals surface area (Å²) >= 11 is 17.3. The molecule has 20 heavy (non-hydrogen) atoms. The van der Waals surface area contributed by atoms with Crippen molar-refractivity contribution in [2.75, 3.05) is 0 Å². The van der Waals surface area contributed by atoms with Gasteiger partial charge in [-0.3, -0.25) is 4.79 Å². The van der Waals surface area contributed by atoms with Gasteiger partial charge < -0.3 is 9.47 Å². The average Bonchev–Trinajstić information content (AvgIpc) is 2.36. The number of halogens is 3. The molecule has 1 rings (SSSR count). The Bertz CT molecular complexity index is 454. The highest BCUT2D eigenvalue weighted by Crippen LogP contribution is 2.36. The second-order valence-electron chi connectivity index (χ2n) is 3.98. The van der Waals surface area contributed by atoms with Crippen LogP contribution in [-0.4, -0.2) is 16.1 Å². The third-order valence-electron chi connectivity index (χ3n) is 2.31. The molecule has 0 fully saturated rings. The number of hydrogen-bond acceptors (Lipinski definition) is 3. The van der Waals surface area contributed by atoms with Gasteiger partial charge in [-0.05, 0) is 12.5 Å². The summed E-state index contributed by atoms with van der Waals surface area (Å²) in [5.41, 5.74) is 0.858. The number of esters is 1. The minimum atomic E-state index is -1.87. The fourth-order valence-corrected chi connectivity index (χ4v) is 1.80. The summed E-state index contributed by atoms with van der Waals surface area (Å²) in [6.07, 6.45) is 1.80. The molecule has 2 atom stereocenters. The summed E-state index contributed by atoms with van der Waals surface area (Å²) in [5, 5.41) is 0. The Balaban J connectivity index is 2.95. The number of rotatable bonds is 5. The zero-order chi connectivity index (χ0) is 15.2. The lowest BCUT2D eigenvalue weighted by atomic mass is 10.1. The maximum atomic E-state index is 11.1. The molecule has 1 aromatic rings. The summed E-state index contributed by atoms with van der Waals surface area (Å²) in [7, 11) is 0. The lowest BCUT2D eigenvalue weighted by molar-refractivity contribution is -0.182. The van der Waals surface area contributed by atoms with Crippen LogP contribution in [0.3, 0.4) is 0 Å². The van der Waals surface area contributed by atoms with Gasteiger partial charge >= 0.3 is 5.97 Å². The van der Waals surface area contributed by atoms with Gasteiger partial charge in [0.15, 0.2) is 0 Å². The van der Waals surface area contributed by atoms with E-state index in [1.807, 2.05) is 37.3 Å². The summed E-state index contributed by atoms with van der Waals surface area (Å²) < 4.78 is 8.67. The Morgan fingerprint density at radius 3 is 2.30 bits per heavy atom. The number of ether oxygens (including phenoxy) is 2. The van der Waals surface area contributed by atoms with Gasteiger partial charge in [0.2, 0.25) is 0 Å². The van der Waals surface area contributed by atoms with Gasteiger partial charge in [-0.15, -0.1) is 0 Å². The molecule has 0 aromatic heterocycles. The van der Waals surface area contributed by atoms with Crippen molar-refractivity contribution in [2.45, 2.75) is 30.0 Å². The van der Waals surface area contributed by atoms with Crippen molar-refractivity contribution in [3.05, 3.63) is 48.0 Å². The van der Waals surface area contributed by atoms with Crippen molar-refractivity contribution in [3.8, 4) is 0 Å². The molecule has 3 nitrogen and oxygen atoms in total. The largest absolute Gasteiger partial charge is 0.431 e. The molecular weight excluding hydrogens is 323 g/mol. The lowest BCUT2D eigenvalue weighted by Crippen LogP contribution is -2.34. The number of benzene rings is 1. The zero-order valence-corrected chi connectivity index (χ0v) is 13.3. The molecule has 0 saturated carbocycles. The first-order valence-corrected chi connectivity index (χ1v) is 7.05. The van der Waals surface area contributed by atoms with Gasteiger partial charge in [0.1, 0.15) is 6.10 Å². The van der Waals surface area contributed by atoms with Gasteiger partial charge in [0.25, 0.3) is 10.1 Å². The van der Waals surface area contributed by atoms with Crippen LogP contribution in [-0.2, 0) is 14.3 Å². The first-order chi connectivity index (χ1) is 9.34. The Morgan fingerprint density at radius 1 is 1.25 bits per heavy atom. The van der Waals surface area contributed by atoms with Crippen LogP contribution in [0.5, 0.6) is 0 Å². The number of allylic oxidation sites excluding steroid dienone is 1. The molecule has 0 radical (unpaired) electrons. The van der Waals surface area contributed by atoms with Crippen molar-refractivity contribution >= 4 is 40.8 Å². The third-order valence-corrected chi connectivity index (χ3v) is 2.84. The summed E-state index contributed by atoms with van der Waals surface area (Å²) in [6.45, 7) is 3.06. The van der Waals surface area contributed by atoms with Crippen molar-refractivity contribution in [1.82, 2.24) is 0 Å². The van der Waals surface area contributed by atoms with Crippen molar-refractivity contribution in [1.29, 1.82) is 0 Å². The molecule has 0 bridgehead atoms. The number of carbonyl (C=O) groups is 1. The van der Waals surface area contributed by atoms with Crippen LogP contribution < -0.4 is 0 Å². The molecule has 1 aromatic carbocycles. The highest BCUT2D eigenvalue weighted by atomic mass is 35.6. The van der Waals surface area contributed by atoms with E-state index < -0.39 is 22.2 Å². The molecule has 0 heterocycles. The van der Waals surface area contributed by atoms with E-state index in [0.717, 1.165) is 5.56 Å². The van der Waals surface area contributed by atoms with E-state index in [4.69, 9.17) is 44.3 Å². The van der Waals surface area contributed by atoms with Crippen LogP contribution in [0.25, 0.3) is 0 Å². The summed E-state index contributed by atoms with van der Waals surface area (Å²) in [6, 6.07) is 9.35. The number of carbonyl (C=O) groups excluding carboxylic acids is 1. The molecule has 0 aliphatic heterocycles. The normalized spacial score (nSPS) is 15.1. The van der Waals surface area contributed by atoms with Gasteiger partial charge in [-0.1, -0.05) is 77.3 Å². The monoisotopic (exact) mass is 336 g/mol. The van der Waals surface area contributed by atoms with Gasteiger partial charge in [-0.25, -0.2) is 0 Å². The maximum absolute atomic E-state index is 11.1. The fourth-order valence-electron chi connectivity index (χ4n) is 1.51. The van der Waals surface area contributed by atoms with Crippen LogP contribution in [0.15, 0.2) is 42.5 Å². The van der Waals surface area contributed by atoms with Crippen molar-refractivity contribution in [3.63, 3.8) is 0 Å². The minimum Gasteiger partial charge on any atom is -0.431 e. The zero-order valence-electron chi connectivity index (χ0n) is 11.1. The smallest absolute Gasteiger partial charge is 0.305 e. The molecule has 6 heteroatoms. The van der Waals surface area contributed by atoms with Crippen LogP contribution >= 0.6 is 34.8 Å². The Hall–Kier alpha value is -0.740. The summed E-state index contributed by atoms with van der Waals surface area (Å²) in [5.74, 6) is -0.589. The molecule has 110 valence electrons. The van der Waals surface area contributed by atoms with Crippen LogP contribution in [0.4, 0.5) is 0 Å². The predicted molar refractivity (Wildman–Crippen MR) is 80.9 cm³/mol. The topological polar surface area (TPSA) is 35.5 Å². The second-order valence-corrected chi connectivity index (χ2v) is 6.35. The Kier molecular flexibility index (Phi) is 6.83. The van der Waals surface area contributed by atoms with Gasteiger partial charge in [-0.2, -0.15) is 0 Å². The molecule has 0 saturated heterocycles. The lowest BCUT2D eigenvalue weighted by Gasteiger charge is -2.27. The first-order valence-electron chi connectivity index (χ1n) is 5.91. The Morgan fingerprint density at radius 2 is 1.85 bits per heavy atom. The van der Waals surface area contributed by atoms with Crippen LogP contribution in [0.2, 0.25) is 0 Å². The molecule has 0 spiro atoms. The SMILES string of the molecule is C/C=C/C(OC(OC(C)=O)C(Cl)(Cl)Cl)c1ccccc1. The first kappa shape index (κ1) is 17.3. The van der Waals surface area contributed by atoms with E-state index in [9.17, 15) is 4.79 Å². The highest BCUT2D eigenvalue weighted by Gasteiger charge is 2.38. The Labute approximate surface area is 133 Å². The number of hydrogen-bond donors (Lipinski definition) is 0. The average molecular weight is 338 g/mol. The molecule has 0 amide bonds. The molecular formula is C14H15Cl3O3. The molecule has 0 aliphatic rings. The summed E-state index contributed by atoms with van der Waals surface area (Å²) in [4.78, 5) is 11.1. The van der Waals surface area contributed by atoms with Crippen LogP contribution in [0.1, 0.15) is 25.5 Å². The van der Waals surface area contributed by atoms with Crippen LogP contribution in [0, 0.1) is 0 Å². The van der Waals surface area contributed by atoms with E-state index >= 15 is 0 Å². The van der Waals surface area contributed by atoms with E-state index in [-0.39, 0.29) is 0 Å². The van der Waals surface area contributed by atoms with E-state index in [1.165, 1.54) is 6.92 Å². The third kappa shape index (κ3) is 5.71. The predicted octanol–water partition coefficient (Wildman–Crippen LogP) is 4.58. The molecule has 2 unspecified atom stereocenters. The minimum absolute atomic E-state index is 0.485. The van der Waals surface area contributed by atoms with E-state index in [0.29, 0.717) is 0 Å². The van der Waals surface area contributed by atoms with E-state index in [1.54, 1.807) is 12.2 Å².